The number of fused-ring (bicyclic) bond motifs is 9. The molecule has 0 atom stereocenters. The lowest BCUT2D eigenvalue weighted by molar-refractivity contribution is 1.27. The monoisotopic (exact) mass is 1190 g/mol. The second-order valence-corrected chi connectivity index (χ2v) is 19.5. The molecule has 0 unspecified atom stereocenters. The molecule has 0 saturated heterocycles. The molecule has 0 saturated carbocycles. The van der Waals surface area contributed by atoms with Gasteiger partial charge in [-0.15, -0.1) is 0 Å². The van der Waals surface area contributed by atoms with E-state index in [0.29, 0.717) is 0 Å². The standard InChI is InChI=1S/C40H28.C31H24.8C2H6.3CH4/c1-25-27-13-3-9-19-33(27)39(34-20-10-4-14-28(25)34)37-23-24-38(32-18-8-7-17-31(32)37)40-35-21-11-5-15-29(35)26(2)30-16-6-12-22-36(30)40;1-20-22-11-3-7-15-26(22)30(27-16-8-4-12-23(20)27)19-31-28-17-9-5-13-24(28)21(2)25-14-6-10-18-29(25)31;8*1-2;;;/h3-24H,1-2H3;3-18H,19H2,1-2H3;8*1-2H3;3*1H4. The maximum Gasteiger partial charge on any atom is -0.000111 e. The van der Waals surface area contributed by atoms with Crippen LogP contribution in [-0.2, 0) is 6.42 Å². The summed E-state index contributed by atoms with van der Waals surface area (Å²) in [5.41, 5.74) is 13.5. The van der Waals surface area contributed by atoms with Crippen LogP contribution in [0.2, 0.25) is 0 Å². The number of benzene rings is 14. The summed E-state index contributed by atoms with van der Waals surface area (Å²) >= 11 is 0. The number of rotatable bonds is 4. The van der Waals surface area contributed by atoms with Gasteiger partial charge in [-0.1, -0.05) is 364 Å². The predicted molar refractivity (Wildman–Crippen MR) is 420 cm³/mol. The first-order valence-electron chi connectivity index (χ1n) is 33.1. The molecule has 0 fully saturated rings. The van der Waals surface area contributed by atoms with Crippen LogP contribution in [0.5, 0.6) is 0 Å². The van der Waals surface area contributed by atoms with Crippen LogP contribution in [0, 0.1) is 27.7 Å². The minimum absolute atomic E-state index is 0. The Balaban J connectivity index is 0.000000498. The summed E-state index contributed by atoms with van der Waals surface area (Å²) in [4.78, 5) is 0. The van der Waals surface area contributed by atoms with Crippen molar-refractivity contribution in [1.82, 2.24) is 0 Å². The summed E-state index contributed by atoms with van der Waals surface area (Å²) in [7, 11) is 0. The van der Waals surface area contributed by atoms with E-state index in [4.69, 9.17) is 0 Å². The highest BCUT2D eigenvalue weighted by molar-refractivity contribution is 6.23. The molecule has 0 spiro atoms. The first kappa shape index (κ1) is 77.5. The Morgan fingerprint density at radius 2 is 0.300 bits per heavy atom. The van der Waals surface area contributed by atoms with Gasteiger partial charge in [0.15, 0.2) is 0 Å². The van der Waals surface area contributed by atoms with Crippen molar-refractivity contribution in [1.29, 1.82) is 0 Å². The zero-order valence-electron chi connectivity index (χ0n) is 56.6. The number of aryl methyl sites for hydroxylation is 4. The third kappa shape index (κ3) is 15.2. The third-order valence-electron chi connectivity index (χ3n) is 15.8. The lowest BCUT2D eigenvalue weighted by Gasteiger charge is -2.20. The van der Waals surface area contributed by atoms with Crippen LogP contribution in [-0.4, -0.2) is 0 Å². The molecule has 0 heterocycles. The molecule has 0 amide bonds. The third-order valence-corrected chi connectivity index (χ3v) is 15.8. The van der Waals surface area contributed by atoms with Crippen molar-refractivity contribution in [2.24, 2.45) is 0 Å². The Morgan fingerprint density at radius 1 is 0.167 bits per heavy atom. The highest BCUT2D eigenvalue weighted by atomic mass is 14.2. The molecular weight excluding hydrogens is 1080 g/mol. The number of hydrogen-bond acceptors (Lipinski definition) is 0. The van der Waals surface area contributed by atoms with Crippen molar-refractivity contribution in [2.45, 2.75) is 167 Å². The lowest BCUT2D eigenvalue weighted by atomic mass is 9.83. The summed E-state index contributed by atoms with van der Waals surface area (Å²) in [5.74, 6) is 0. The zero-order valence-corrected chi connectivity index (χ0v) is 56.6. The molecule has 0 N–H and O–H groups in total. The number of hydrogen-bond donors (Lipinski definition) is 0. The molecule has 14 aromatic rings. The Hall–Kier alpha value is -8.58. The van der Waals surface area contributed by atoms with E-state index in [2.05, 4.69) is 258 Å². The van der Waals surface area contributed by atoms with Gasteiger partial charge in [0.2, 0.25) is 0 Å². The highest BCUT2D eigenvalue weighted by Gasteiger charge is 2.21. The summed E-state index contributed by atoms with van der Waals surface area (Å²) in [6.45, 7) is 41.0. The van der Waals surface area contributed by atoms with Gasteiger partial charge in [0, 0.05) is 0 Å². The Labute approximate surface area is 547 Å². The van der Waals surface area contributed by atoms with Gasteiger partial charge in [0.1, 0.15) is 0 Å². The van der Waals surface area contributed by atoms with Crippen LogP contribution < -0.4 is 0 Å². The van der Waals surface area contributed by atoms with Crippen molar-refractivity contribution in [3.63, 3.8) is 0 Å². The van der Waals surface area contributed by atoms with Crippen LogP contribution in [0.15, 0.2) is 231 Å². The molecule has 0 aliphatic rings. The minimum atomic E-state index is 0. The molecule has 0 nitrogen and oxygen atoms in total. The van der Waals surface area contributed by atoms with Crippen LogP contribution in [0.3, 0.4) is 0 Å². The summed E-state index contributed by atoms with van der Waals surface area (Å²) < 4.78 is 0. The maximum atomic E-state index is 2.37. The second-order valence-electron chi connectivity index (χ2n) is 19.5. The Kier molecular flexibility index (Phi) is 33.4. The Bertz CT molecular complexity index is 3960. The minimum Gasteiger partial charge on any atom is -0.0776 e. The van der Waals surface area contributed by atoms with E-state index in [-0.39, 0.29) is 22.3 Å². The molecule has 90 heavy (non-hydrogen) atoms. The first-order chi connectivity index (χ1) is 43.0. The summed E-state index contributed by atoms with van der Waals surface area (Å²) in [5, 5.41) is 24.0. The fraction of sp³-hybridized carbons (Fsp3) is 0.267. The van der Waals surface area contributed by atoms with Crippen molar-refractivity contribution in [3.8, 4) is 22.3 Å². The molecule has 0 radical (unpaired) electrons. The van der Waals surface area contributed by atoms with Gasteiger partial charge in [-0.05, 0) is 187 Å². The van der Waals surface area contributed by atoms with Gasteiger partial charge in [0.25, 0.3) is 0 Å². The Morgan fingerprint density at radius 3 is 0.478 bits per heavy atom. The average Bonchev–Trinajstić information content (AvgIpc) is 0.760. The van der Waals surface area contributed by atoms with Gasteiger partial charge >= 0.3 is 0 Å². The second kappa shape index (κ2) is 38.7. The fourth-order valence-electron chi connectivity index (χ4n) is 12.4. The van der Waals surface area contributed by atoms with Crippen molar-refractivity contribution in [3.05, 3.63) is 264 Å². The van der Waals surface area contributed by atoms with E-state index >= 15 is 0 Å². The molecule has 14 aromatic carbocycles. The van der Waals surface area contributed by atoms with E-state index in [1.165, 1.54) is 153 Å². The topological polar surface area (TPSA) is 0 Å². The molecule has 0 aliphatic carbocycles. The molecule has 0 aromatic heterocycles. The average molecular weight is 1190 g/mol. The van der Waals surface area contributed by atoms with Gasteiger partial charge in [0.05, 0.1) is 0 Å². The van der Waals surface area contributed by atoms with E-state index in [9.17, 15) is 0 Å². The maximum absolute atomic E-state index is 2.37. The van der Waals surface area contributed by atoms with Gasteiger partial charge < -0.3 is 0 Å². The largest absolute Gasteiger partial charge is 0.0776 e. The van der Waals surface area contributed by atoms with Gasteiger partial charge in [-0.3, -0.25) is 0 Å². The van der Waals surface area contributed by atoms with Gasteiger partial charge in [-0.2, -0.15) is 0 Å². The van der Waals surface area contributed by atoms with Crippen molar-refractivity contribution >= 4 is 97.0 Å². The molecule has 14 rings (SSSR count). The molecule has 0 bridgehead atoms. The van der Waals surface area contributed by atoms with Crippen molar-refractivity contribution in [2.75, 3.05) is 0 Å². The normalized spacial score (nSPS) is 9.78. The van der Waals surface area contributed by atoms with Crippen LogP contribution in [0.4, 0.5) is 0 Å². The smallest absolute Gasteiger partial charge is 0.000111 e. The molecule has 472 valence electrons. The van der Waals surface area contributed by atoms with E-state index in [1.807, 2.05) is 111 Å². The summed E-state index contributed by atoms with van der Waals surface area (Å²) in [6.07, 6.45) is 0.919. The van der Waals surface area contributed by atoms with Crippen molar-refractivity contribution < 1.29 is 0 Å². The molecule has 0 aliphatic heterocycles. The van der Waals surface area contributed by atoms with Gasteiger partial charge in [-0.25, -0.2) is 0 Å². The lowest BCUT2D eigenvalue weighted by Crippen LogP contribution is -1.98. The fourth-order valence-corrected chi connectivity index (χ4v) is 12.4. The first-order valence-corrected chi connectivity index (χ1v) is 33.1. The van der Waals surface area contributed by atoms with E-state index < -0.39 is 0 Å². The van der Waals surface area contributed by atoms with Crippen LogP contribution >= 0.6 is 0 Å². The quantitative estimate of drug-likeness (QED) is 0.154. The summed E-state index contributed by atoms with van der Waals surface area (Å²) in [6, 6.07) is 84.8. The highest BCUT2D eigenvalue weighted by Crippen LogP contribution is 2.47. The SMILES string of the molecule is C.C.C.CC.CC.CC.CC.CC.CC.CC.CC.Cc1c2ccccc2c(-c2ccc(-c3c4ccccc4c(C)c4ccccc34)c3ccccc23)c2ccccc12.Cc1c2ccccc2c(Cc2c3ccccc3c(C)c3ccccc23)c2ccccc12. The zero-order chi connectivity index (χ0) is 63.7. The van der Waals surface area contributed by atoms with Crippen LogP contribution in [0.1, 0.15) is 166 Å². The predicted octanol–water partition coefficient (Wildman–Crippen LogP) is 30.0. The van der Waals surface area contributed by atoms with Crippen LogP contribution in [0.25, 0.3) is 119 Å². The van der Waals surface area contributed by atoms with E-state index in [1.54, 1.807) is 0 Å². The molecular formula is C90H112. The van der Waals surface area contributed by atoms with E-state index in [0.717, 1.165) is 6.42 Å². The molecule has 0 heteroatoms.